The van der Waals surface area contributed by atoms with Crippen LogP contribution in [-0.2, 0) is 4.74 Å². The summed E-state index contributed by atoms with van der Waals surface area (Å²) < 4.78 is 10.4. The Morgan fingerprint density at radius 1 is 1.25 bits per heavy atom. The van der Waals surface area contributed by atoms with Gasteiger partial charge in [0, 0.05) is 17.0 Å². The number of nitrogens with one attached hydrogen (secondary N) is 1. The van der Waals surface area contributed by atoms with Gasteiger partial charge in [0.1, 0.15) is 5.75 Å². The van der Waals surface area contributed by atoms with Gasteiger partial charge < -0.3 is 14.5 Å². The van der Waals surface area contributed by atoms with Crippen molar-refractivity contribution in [3.05, 3.63) is 41.2 Å². The van der Waals surface area contributed by atoms with Crippen molar-refractivity contribution in [3.8, 4) is 16.9 Å². The molecule has 4 heteroatoms. The van der Waals surface area contributed by atoms with Gasteiger partial charge in [-0.1, -0.05) is 12.1 Å². The molecule has 1 aromatic carbocycles. The van der Waals surface area contributed by atoms with Crippen LogP contribution >= 0.6 is 0 Å². The second kappa shape index (κ2) is 5.82. The highest BCUT2D eigenvalue weighted by atomic mass is 16.5. The zero-order chi connectivity index (χ0) is 14.7. The summed E-state index contributed by atoms with van der Waals surface area (Å²) in [5, 5.41) is 0. The second-order valence-electron chi connectivity index (χ2n) is 4.58. The molecule has 0 saturated heterocycles. The Morgan fingerprint density at radius 2 is 2.00 bits per heavy atom. The third-order valence-electron chi connectivity index (χ3n) is 3.21. The largest absolute Gasteiger partial charge is 0.497 e. The summed E-state index contributed by atoms with van der Waals surface area (Å²) in [4.78, 5) is 15.4. The molecule has 20 heavy (non-hydrogen) atoms. The van der Waals surface area contributed by atoms with E-state index in [-0.39, 0.29) is 5.97 Å². The van der Waals surface area contributed by atoms with E-state index < -0.39 is 0 Å². The first kappa shape index (κ1) is 14.2. The van der Waals surface area contributed by atoms with Gasteiger partial charge in [-0.3, -0.25) is 0 Å². The Balaban J connectivity index is 2.58. The lowest BCUT2D eigenvalue weighted by Gasteiger charge is -2.08. The average molecular weight is 273 g/mol. The summed E-state index contributed by atoms with van der Waals surface area (Å²) in [5.41, 5.74) is 4.17. The number of hydrogen-bond acceptors (Lipinski definition) is 3. The molecule has 0 saturated carbocycles. The van der Waals surface area contributed by atoms with E-state index in [0.717, 1.165) is 28.3 Å². The molecule has 0 bridgehead atoms. The fourth-order valence-electron chi connectivity index (χ4n) is 2.38. The molecule has 0 aliphatic rings. The lowest BCUT2D eigenvalue weighted by atomic mass is 10.0. The molecule has 0 amide bonds. The smallest absolute Gasteiger partial charge is 0.340 e. The van der Waals surface area contributed by atoms with E-state index in [1.165, 1.54) is 0 Å². The van der Waals surface area contributed by atoms with Crippen LogP contribution in [0.25, 0.3) is 11.1 Å². The van der Waals surface area contributed by atoms with Crippen LogP contribution in [0.1, 0.15) is 28.7 Å². The molecule has 2 aromatic rings. The van der Waals surface area contributed by atoms with Crippen molar-refractivity contribution in [2.24, 2.45) is 0 Å². The molecule has 0 aliphatic heterocycles. The van der Waals surface area contributed by atoms with Crippen LogP contribution in [0, 0.1) is 13.8 Å². The fourth-order valence-corrected chi connectivity index (χ4v) is 2.38. The highest BCUT2D eigenvalue weighted by molar-refractivity contribution is 5.99. The summed E-state index contributed by atoms with van der Waals surface area (Å²) >= 11 is 0. The summed E-state index contributed by atoms with van der Waals surface area (Å²) in [6.45, 7) is 5.99. The number of aromatic nitrogens is 1. The van der Waals surface area contributed by atoms with Gasteiger partial charge in [0.15, 0.2) is 0 Å². The Hall–Kier alpha value is -2.23. The highest BCUT2D eigenvalue weighted by Crippen LogP contribution is 2.32. The van der Waals surface area contributed by atoms with E-state index in [1.807, 2.05) is 38.1 Å². The number of rotatable bonds is 4. The maximum absolute atomic E-state index is 12.2. The number of H-pyrrole nitrogens is 1. The molecular formula is C16H19NO3. The average Bonchev–Trinajstić information content (AvgIpc) is 2.73. The van der Waals surface area contributed by atoms with Crippen molar-refractivity contribution >= 4 is 5.97 Å². The Labute approximate surface area is 118 Å². The van der Waals surface area contributed by atoms with E-state index in [4.69, 9.17) is 9.47 Å². The third-order valence-corrected chi connectivity index (χ3v) is 3.21. The van der Waals surface area contributed by atoms with Gasteiger partial charge in [-0.15, -0.1) is 0 Å². The minimum atomic E-state index is -0.299. The number of aryl methyl sites for hydroxylation is 2. The van der Waals surface area contributed by atoms with Gasteiger partial charge in [0.05, 0.1) is 19.3 Å². The molecule has 0 fully saturated rings. The van der Waals surface area contributed by atoms with Crippen LogP contribution in [-0.4, -0.2) is 24.7 Å². The van der Waals surface area contributed by atoms with Crippen LogP contribution in [0.3, 0.4) is 0 Å². The Bertz CT molecular complexity index is 629. The molecule has 2 rings (SSSR count). The fraction of sp³-hybridized carbons (Fsp3) is 0.312. The zero-order valence-corrected chi connectivity index (χ0v) is 12.2. The first-order valence-corrected chi connectivity index (χ1v) is 6.59. The molecule has 0 radical (unpaired) electrons. The maximum Gasteiger partial charge on any atom is 0.340 e. The molecule has 1 heterocycles. The van der Waals surface area contributed by atoms with Crippen molar-refractivity contribution in [2.45, 2.75) is 20.8 Å². The first-order valence-electron chi connectivity index (χ1n) is 6.59. The van der Waals surface area contributed by atoms with Crippen LogP contribution in [0.4, 0.5) is 0 Å². The van der Waals surface area contributed by atoms with Crippen molar-refractivity contribution in [2.75, 3.05) is 13.7 Å². The first-order chi connectivity index (χ1) is 9.58. The minimum absolute atomic E-state index is 0.299. The Morgan fingerprint density at radius 3 is 2.65 bits per heavy atom. The summed E-state index contributed by atoms with van der Waals surface area (Å²) in [7, 11) is 1.63. The number of carbonyl (C=O) groups is 1. The zero-order valence-electron chi connectivity index (χ0n) is 12.2. The topological polar surface area (TPSA) is 51.3 Å². The monoisotopic (exact) mass is 273 g/mol. The molecule has 1 N–H and O–H groups in total. The number of methoxy groups -OCH3 is 1. The van der Waals surface area contributed by atoms with E-state index in [1.54, 1.807) is 14.0 Å². The predicted molar refractivity (Wildman–Crippen MR) is 78.2 cm³/mol. The lowest BCUT2D eigenvalue weighted by molar-refractivity contribution is 0.0526. The van der Waals surface area contributed by atoms with Crippen molar-refractivity contribution in [1.29, 1.82) is 0 Å². The van der Waals surface area contributed by atoms with Crippen molar-refractivity contribution in [1.82, 2.24) is 4.98 Å². The van der Waals surface area contributed by atoms with Gasteiger partial charge in [0.25, 0.3) is 0 Å². The van der Waals surface area contributed by atoms with Crippen LogP contribution in [0.5, 0.6) is 5.75 Å². The maximum atomic E-state index is 12.2. The lowest BCUT2D eigenvalue weighted by Crippen LogP contribution is -2.06. The van der Waals surface area contributed by atoms with E-state index in [2.05, 4.69) is 4.98 Å². The summed E-state index contributed by atoms with van der Waals surface area (Å²) in [6.07, 6.45) is 0. The quantitative estimate of drug-likeness (QED) is 0.868. The predicted octanol–water partition coefficient (Wildman–Crippen LogP) is 3.48. The molecule has 0 atom stereocenters. The number of carbonyl (C=O) groups excluding carboxylic acids is 1. The number of esters is 1. The van der Waals surface area contributed by atoms with Gasteiger partial charge in [0.2, 0.25) is 0 Å². The molecule has 4 nitrogen and oxygen atoms in total. The number of ether oxygens (including phenoxy) is 2. The minimum Gasteiger partial charge on any atom is -0.497 e. The van der Waals surface area contributed by atoms with Gasteiger partial charge >= 0.3 is 5.97 Å². The molecule has 1 aromatic heterocycles. The van der Waals surface area contributed by atoms with E-state index >= 15 is 0 Å². The van der Waals surface area contributed by atoms with Gasteiger partial charge in [-0.05, 0) is 38.5 Å². The van der Waals surface area contributed by atoms with Crippen LogP contribution in [0.15, 0.2) is 24.3 Å². The molecule has 0 unspecified atom stereocenters. The van der Waals surface area contributed by atoms with Gasteiger partial charge in [-0.25, -0.2) is 4.79 Å². The molecular weight excluding hydrogens is 254 g/mol. The standard InChI is InChI=1S/C16H19NO3/c1-5-20-16(18)15-11(3)17-10(2)14(15)12-7-6-8-13(9-12)19-4/h6-9,17H,5H2,1-4H3. The second-order valence-corrected chi connectivity index (χ2v) is 4.58. The van der Waals surface area contributed by atoms with Crippen molar-refractivity contribution < 1.29 is 14.3 Å². The van der Waals surface area contributed by atoms with E-state index in [9.17, 15) is 4.79 Å². The molecule has 0 spiro atoms. The Kier molecular flexibility index (Phi) is 4.13. The highest BCUT2D eigenvalue weighted by Gasteiger charge is 2.21. The number of benzene rings is 1. The number of aromatic amines is 1. The normalized spacial score (nSPS) is 10.4. The van der Waals surface area contributed by atoms with E-state index in [0.29, 0.717) is 12.2 Å². The van der Waals surface area contributed by atoms with Crippen molar-refractivity contribution in [3.63, 3.8) is 0 Å². The van der Waals surface area contributed by atoms with Crippen LogP contribution < -0.4 is 4.74 Å². The third kappa shape index (κ3) is 2.54. The van der Waals surface area contributed by atoms with Gasteiger partial charge in [-0.2, -0.15) is 0 Å². The van der Waals surface area contributed by atoms with Crippen LogP contribution in [0.2, 0.25) is 0 Å². The summed E-state index contributed by atoms with van der Waals surface area (Å²) in [5.74, 6) is 0.461. The molecule has 0 aliphatic carbocycles. The summed E-state index contributed by atoms with van der Waals surface area (Å²) in [6, 6.07) is 7.66. The molecule has 106 valence electrons. The number of hydrogen-bond donors (Lipinski definition) is 1. The SMILES string of the molecule is CCOC(=O)c1c(C)[nH]c(C)c1-c1cccc(OC)c1.